The van der Waals surface area contributed by atoms with E-state index < -0.39 is 0 Å². The molecule has 4 aromatic rings. The zero-order valence-electron chi connectivity index (χ0n) is 16.5. The number of anilines is 1. The van der Waals surface area contributed by atoms with E-state index in [0.29, 0.717) is 29.8 Å². The number of thiophene rings is 1. The van der Waals surface area contributed by atoms with Crippen molar-refractivity contribution in [2.45, 2.75) is 24.7 Å². The maximum Gasteiger partial charge on any atom is 0.277 e. The molecule has 0 radical (unpaired) electrons. The SMILES string of the molecule is O=C1C[C@@H](c2ccco2)CC2=C1[C@@H](c1cccs1)c1c([nH]n(-c3ccccc3)c1=O)N2. The van der Waals surface area contributed by atoms with Crippen LogP contribution in [0.2, 0.25) is 0 Å². The number of aromatic amines is 1. The lowest BCUT2D eigenvalue weighted by molar-refractivity contribution is -0.116. The van der Waals surface area contributed by atoms with Gasteiger partial charge in [-0.2, -0.15) is 0 Å². The highest BCUT2D eigenvalue weighted by molar-refractivity contribution is 7.10. The van der Waals surface area contributed by atoms with Crippen LogP contribution in [0.5, 0.6) is 0 Å². The Kier molecular flexibility index (Phi) is 4.11. The number of nitrogens with zero attached hydrogens (tertiary/aromatic N) is 1. The molecule has 1 aliphatic carbocycles. The fourth-order valence-electron chi connectivity index (χ4n) is 4.72. The van der Waals surface area contributed by atoms with E-state index in [2.05, 4.69) is 10.4 Å². The van der Waals surface area contributed by atoms with Gasteiger partial charge in [0.25, 0.3) is 5.56 Å². The van der Waals surface area contributed by atoms with Crippen molar-refractivity contribution in [1.82, 2.24) is 9.78 Å². The van der Waals surface area contributed by atoms with Crippen LogP contribution < -0.4 is 10.9 Å². The van der Waals surface area contributed by atoms with Crippen LogP contribution in [0.25, 0.3) is 5.69 Å². The minimum Gasteiger partial charge on any atom is -0.469 e. The third-order valence-corrected chi connectivity index (χ3v) is 7.01. The molecule has 6 rings (SSSR count). The van der Waals surface area contributed by atoms with E-state index in [9.17, 15) is 9.59 Å². The molecule has 2 atom stereocenters. The summed E-state index contributed by atoms with van der Waals surface area (Å²) in [6.45, 7) is 0. The van der Waals surface area contributed by atoms with Crippen LogP contribution in [0.1, 0.15) is 40.9 Å². The molecule has 0 bridgehead atoms. The van der Waals surface area contributed by atoms with E-state index in [-0.39, 0.29) is 23.2 Å². The van der Waals surface area contributed by atoms with Crippen molar-refractivity contribution in [2.24, 2.45) is 0 Å². The van der Waals surface area contributed by atoms with Gasteiger partial charge in [0.2, 0.25) is 0 Å². The van der Waals surface area contributed by atoms with Crippen molar-refractivity contribution < 1.29 is 9.21 Å². The summed E-state index contributed by atoms with van der Waals surface area (Å²) in [7, 11) is 0. The molecule has 6 nitrogen and oxygen atoms in total. The number of nitrogens with one attached hydrogen (secondary N) is 2. The van der Waals surface area contributed by atoms with Crippen LogP contribution in [-0.2, 0) is 4.79 Å². The van der Waals surface area contributed by atoms with Crippen molar-refractivity contribution >= 4 is 22.9 Å². The lowest BCUT2D eigenvalue weighted by Crippen LogP contribution is -2.31. The van der Waals surface area contributed by atoms with Gasteiger partial charge in [-0.05, 0) is 42.1 Å². The lowest BCUT2D eigenvalue weighted by atomic mass is 9.75. The number of Topliss-reactive ketones (excluding diaryl/α,β-unsaturated/α-hetero) is 1. The number of ketones is 1. The average Bonchev–Trinajstić information content (AvgIpc) is 3.55. The molecule has 2 N–H and O–H groups in total. The van der Waals surface area contributed by atoms with Crippen LogP contribution >= 0.6 is 11.3 Å². The Morgan fingerprint density at radius 2 is 1.87 bits per heavy atom. The highest BCUT2D eigenvalue weighted by Crippen LogP contribution is 2.47. The molecule has 0 saturated carbocycles. The summed E-state index contributed by atoms with van der Waals surface area (Å²) in [5.74, 6) is 1.15. The van der Waals surface area contributed by atoms with E-state index in [1.165, 1.54) is 0 Å². The van der Waals surface area contributed by atoms with Crippen LogP contribution in [0, 0.1) is 0 Å². The Morgan fingerprint density at radius 3 is 2.61 bits per heavy atom. The second kappa shape index (κ2) is 6.99. The first kappa shape index (κ1) is 18.2. The van der Waals surface area contributed by atoms with Gasteiger partial charge in [-0.3, -0.25) is 14.7 Å². The summed E-state index contributed by atoms with van der Waals surface area (Å²) < 4.78 is 7.14. The van der Waals surface area contributed by atoms with Gasteiger partial charge in [0, 0.05) is 28.5 Å². The minimum atomic E-state index is -0.370. The first-order chi connectivity index (χ1) is 15.2. The smallest absolute Gasteiger partial charge is 0.277 e. The number of carbonyl (C=O) groups excluding carboxylic acids is 1. The topological polar surface area (TPSA) is 80.0 Å². The predicted octanol–water partition coefficient (Wildman–Crippen LogP) is 4.78. The Bertz CT molecular complexity index is 1340. The van der Waals surface area contributed by atoms with Gasteiger partial charge in [0.15, 0.2) is 5.78 Å². The van der Waals surface area contributed by atoms with Crippen LogP contribution in [-0.4, -0.2) is 15.6 Å². The lowest BCUT2D eigenvalue weighted by Gasteiger charge is -2.33. The summed E-state index contributed by atoms with van der Waals surface area (Å²) in [4.78, 5) is 27.9. The number of hydrogen-bond acceptors (Lipinski definition) is 5. The normalized spacial score (nSPS) is 20.3. The van der Waals surface area contributed by atoms with Gasteiger partial charge >= 0.3 is 0 Å². The molecule has 0 spiro atoms. The molecule has 0 saturated heterocycles. The third-order valence-electron chi connectivity index (χ3n) is 6.08. The number of H-pyrrole nitrogens is 1. The number of hydrogen-bond donors (Lipinski definition) is 2. The minimum absolute atomic E-state index is 0.0118. The number of fused-ring (bicyclic) bond motifs is 1. The molecule has 3 aromatic heterocycles. The van der Waals surface area contributed by atoms with Crippen LogP contribution in [0.15, 0.2) is 86.7 Å². The van der Waals surface area contributed by atoms with Crippen LogP contribution in [0.3, 0.4) is 0 Å². The maximum absolute atomic E-state index is 13.5. The van der Waals surface area contributed by atoms with E-state index in [1.807, 2.05) is 60.0 Å². The standard InChI is InChI=1S/C24H19N3O3S/c28-17-13-14(18-8-4-10-30-18)12-16-20(17)21(19-9-5-11-31-19)22-23(25-16)26-27(24(22)29)15-6-2-1-3-7-15/h1-11,14,21,25-26H,12-13H2/t14-,21+/m0/s1. The zero-order chi connectivity index (χ0) is 20.9. The van der Waals surface area contributed by atoms with Gasteiger partial charge in [-0.1, -0.05) is 24.3 Å². The molecule has 0 unspecified atom stereocenters. The maximum atomic E-state index is 13.5. The first-order valence-corrected chi connectivity index (χ1v) is 11.1. The number of allylic oxidation sites excluding steroid dienone is 2. The largest absolute Gasteiger partial charge is 0.469 e. The van der Waals surface area contributed by atoms with E-state index in [4.69, 9.17) is 4.42 Å². The number of para-hydroxylation sites is 1. The molecule has 1 aromatic carbocycles. The second-order valence-corrected chi connectivity index (χ2v) is 8.87. The van der Waals surface area contributed by atoms with Crippen molar-refractivity contribution in [1.29, 1.82) is 0 Å². The van der Waals surface area contributed by atoms with Crippen molar-refractivity contribution in [3.05, 3.63) is 104 Å². The number of rotatable bonds is 3. The van der Waals surface area contributed by atoms with Gasteiger partial charge in [0.05, 0.1) is 23.4 Å². The molecule has 2 aliphatic rings. The molecule has 0 amide bonds. The Hall–Kier alpha value is -3.58. The van der Waals surface area contributed by atoms with Gasteiger partial charge in [-0.15, -0.1) is 11.3 Å². The van der Waals surface area contributed by atoms with Crippen molar-refractivity contribution in [2.75, 3.05) is 5.32 Å². The molecule has 1 aliphatic heterocycles. The molecule has 154 valence electrons. The third kappa shape index (κ3) is 2.84. The van der Waals surface area contributed by atoms with Crippen molar-refractivity contribution in [3.8, 4) is 5.69 Å². The average molecular weight is 430 g/mol. The Morgan fingerprint density at radius 1 is 1.00 bits per heavy atom. The zero-order valence-corrected chi connectivity index (χ0v) is 17.3. The van der Waals surface area contributed by atoms with E-state index in [0.717, 1.165) is 22.0 Å². The van der Waals surface area contributed by atoms with Crippen molar-refractivity contribution in [3.63, 3.8) is 0 Å². The molecule has 0 fully saturated rings. The number of aromatic nitrogens is 2. The predicted molar refractivity (Wildman–Crippen MR) is 119 cm³/mol. The molecule has 31 heavy (non-hydrogen) atoms. The molecular weight excluding hydrogens is 410 g/mol. The number of carbonyl (C=O) groups is 1. The monoisotopic (exact) mass is 429 g/mol. The first-order valence-electron chi connectivity index (χ1n) is 10.2. The van der Waals surface area contributed by atoms with Crippen LogP contribution in [0.4, 0.5) is 5.82 Å². The van der Waals surface area contributed by atoms with Gasteiger partial charge < -0.3 is 9.73 Å². The molecule has 4 heterocycles. The fourth-order valence-corrected chi connectivity index (χ4v) is 5.56. The quantitative estimate of drug-likeness (QED) is 0.491. The Balaban J connectivity index is 1.52. The second-order valence-electron chi connectivity index (χ2n) is 7.89. The number of benzene rings is 1. The molecule has 7 heteroatoms. The number of furan rings is 1. The summed E-state index contributed by atoms with van der Waals surface area (Å²) in [6, 6.07) is 17.2. The summed E-state index contributed by atoms with van der Waals surface area (Å²) in [6.07, 6.45) is 2.68. The fraction of sp³-hybridized carbons (Fsp3) is 0.167. The van der Waals surface area contributed by atoms with E-state index >= 15 is 0 Å². The highest BCUT2D eigenvalue weighted by atomic mass is 32.1. The van der Waals surface area contributed by atoms with E-state index in [1.54, 1.807) is 22.3 Å². The summed E-state index contributed by atoms with van der Waals surface area (Å²) >= 11 is 1.57. The highest BCUT2D eigenvalue weighted by Gasteiger charge is 2.42. The Labute approximate surface area is 181 Å². The van der Waals surface area contributed by atoms with Gasteiger partial charge in [-0.25, -0.2) is 4.68 Å². The van der Waals surface area contributed by atoms with Gasteiger partial charge in [0.1, 0.15) is 11.6 Å². The summed E-state index contributed by atoms with van der Waals surface area (Å²) in [5, 5.41) is 8.61. The molecular formula is C24H19N3O3S. The summed E-state index contributed by atoms with van der Waals surface area (Å²) in [5.41, 5.74) is 2.78.